The fourth-order valence-electron chi connectivity index (χ4n) is 8.41. The van der Waals surface area contributed by atoms with Crippen LogP contribution in [0.15, 0.2) is 198 Å². The molecule has 5 nitrogen and oxygen atoms in total. The third kappa shape index (κ3) is 5.36. The van der Waals surface area contributed by atoms with Crippen molar-refractivity contribution < 1.29 is 8.42 Å². The first-order valence-electron chi connectivity index (χ1n) is 18.8. The normalized spacial score (nSPS) is 13.4. The molecule has 2 aromatic heterocycles. The second-order valence-corrected chi connectivity index (χ2v) is 16.8. The van der Waals surface area contributed by atoms with E-state index in [0.29, 0.717) is 0 Å². The first-order valence-corrected chi connectivity index (χ1v) is 20.3. The Morgan fingerprint density at radius 3 is 1.61 bits per heavy atom. The molecule has 0 unspecified atom stereocenters. The Bertz CT molecular complexity index is 2950. The van der Waals surface area contributed by atoms with Gasteiger partial charge in [-0.15, -0.1) is 0 Å². The maximum atomic E-state index is 13.4. The number of hydrogen-bond donors (Lipinski definition) is 0. The van der Waals surface area contributed by atoms with Crippen LogP contribution in [0, 0.1) is 0 Å². The summed E-state index contributed by atoms with van der Waals surface area (Å²) in [6.07, 6.45) is 1.67. The first kappa shape index (κ1) is 33.8. The summed E-state index contributed by atoms with van der Waals surface area (Å²) in [5.41, 5.74) is 12.9. The Kier molecular flexibility index (Phi) is 7.80. The van der Waals surface area contributed by atoms with Gasteiger partial charge in [-0.2, -0.15) is 0 Å². The fourth-order valence-corrected chi connectivity index (χ4v) is 9.61. The molecule has 0 bridgehead atoms. The Morgan fingerprint density at radius 1 is 0.482 bits per heavy atom. The van der Waals surface area contributed by atoms with Gasteiger partial charge in [0.25, 0.3) is 0 Å². The number of para-hydroxylation sites is 1. The molecular weight excluding hydrogens is 707 g/mol. The number of hydrogen-bond acceptors (Lipinski definition) is 4. The van der Waals surface area contributed by atoms with E-state index in [-0.39, 0.29) is 15.3 Å². The van der Waals surface area contributed by atoms with Gasteiger partial charge in [-0.25, -0.2) is 13.4 Å². The Labute approximate surface area is 326 Å². The van der Waals surface area contributed by atoms with E-state index in [1.54, 1.807) is 42.6 Å². The monoisotopic (exact) mass is 743 g/mol. The number of fused-ring (bicyclic) bond motifs is 5. The largest absolute Gasteiger partial charge is 0.309 e. The number of benzene rings is 7. The standard InChI is InChI=1S/C50H37N3O2S/c1-50(2)43-20-12-13-21-47(43)53(39-25-29-49(51-33-39)56(54,55)40-18-10-5-11-19-40)48-28-24-38(32-44(48)50)52-45-26-22-36(34-14-6-3-7-15-34)30-41(45)42-31-37(23-27-46(42)52)35-16-8-4-9-17-35/h3-33H,1-2H3. The van der Waals surface area contributed by atoms with E-state index in [9.17, 15) is 8.42 Å². The molecule has 0 aliphatic carbocycles. The highest BCUT2D eigenvalue weighted by molar-refractivity contribution is 7.91. The molecule has 7 aromatic carbocycles. The van der Waals surface area contributed by atoms with Crippen molar-refractivity contribution in [3.63, 3.8) is 0 Å². The maximum Gasteiger partial charge on any atom is 0.223 e. The Balaban J connectivity index is 1.15. The average Bonchev–Trinajstić information content (AvgIpc) is 3.58. The Hall–Kier alpha value is -6.76. The van der Waals surface area contributed by atoms with Crippen LogP contribution in [0.1, 0.15) is 25.0 Å². The minimum absolute atomic E-state index is 0.0193. The van der Waals surface area contributed by atoms with E-state index >= 15 is 0 Å². The molecule has 1 aliphatic rings. The molecule has 0 atom stereocenters. The van der Waals surface area contributed by atoms with Crippen LogP contribution < -0.4 is 4.90 Å². The van der Waals surface area contributed by atoms with E-state index in [1.165, 1.54) is 38.6 Å². The third-order valence-electron chi connectivity index (χ3n) is 11.3. The fraction of sp³-hybridized carbons (Fsp3) is 0.0600. The van der Waals surface area contributed by atoms with Gasteiger partial charge in [0, 0.05) is 21.9 Å². The molecule has 9 aromatic rings. The third-order valence-corrected chi connectivity index (χ3v) is 12.9. The lowest BCUT2D eigenvalue weighted by Crippen LogP contribution is -2.30. The number of pyridine rings is 1. The molecule has 10 rings (SSSR count). The molecule has 1 aliphatic heterocycles. The summed E-state index contributed by atoms with van der Waals surface area (Å²) >= 11 is 0. The van der Waals surface area contributed by atoms with Crippen molar-refractivity contribution >= 4 is 48.7 Å². The summed E-state index contributed by atoms with van der Waals surface area (Å²) in [6.45, 7) is 4.56. The molecule has 6 heteroatoms. The number of anilines is 3. The van der Waals surface area contributed by atoms with Crippen molar-refractivity contribution in [1.82, 2.24) is 9.55 Å². The summed E-state index contributed by atoms with van der Waals surface area (Å²) in [7, 11) is -3.76. The number of aromatic nitrogens is 2. The minimum atomic E-state index is -3.76. The van der Waals surface area contributed by atoms with Crippen molar-refractivity contribution in [2.24, 2.45) is 0 Å². The van der Waals surface area contributed by atoms with Crippen LogP contribution in [0.3, 0.4) is 0 Å². The highest BCUT2D eigenvalue weighted by atomic mass is 32.2. The summed E-state index contributed by atoms with van der Waals surface area (Å²) in [4.78, 5) is 6.96. The SMILES string of the molecule is CC1(C)c2ccccc2N(c2ccc(S(=O)(=O)c3ccccc3)nc2)c2ccc(-n3c4ccc(-c5ccccc5)cc4c4cc(-c5ccccc5)ccc43)cc21. The van der Waals surface area contributed by atoms with Gasteiger partial charge in [0.15, 0.2) is 5.03 Å². The zero-order valence-electron chi connectivity index (χ0n) is 31.0. The minimum Gasteiger partial charge on any atom is -0.309 e. The van der Waals surface area contributed by atoms with Gasteiger partial charge in [-0.3, -0.25) is 0 Å². The molecule has 3 heterocycles. The molecule has 0 amide bonds. The second kappa shape index (κ2) is 12.9. The lowest BCUT2D eigenvalue weighted by Gasteiger charge is -2.42. The molecule has 0 radical (unpaired) electrons. The number of rotatable bonds is 6. The summed E-state index contributed by atoms with van der Waals surface area (Å²) in [5, 5.41) is 2.41. The topological polar surface area (TPSA) is 55.2 Å². The number of nitrogens with zero attached hydrogens (tertiary/aromatic N) is 3. The van der Waals surface area contributed by atoms with Gasteiger partial charge in [-0.1, -0.05) is 123 Å². The molecule has 270 valence electrons. The molecule has 56 heavy (non-hydrogen) atoms. The first-order chi connectivity index (χ1) is 27.3. The molecule has 0 saturated carbocycles. The van der Waals surface area contributed by atoms with E-state index in [4.69, 9.17) is 0 Å². The summed E-state index contributed by atoms with van der Waals surface area (Å²) in [6, 6.07) is 61.8. The highest BCUT2D eigenvalue weighted by Gasteiger charge is 2.37. The quantitative estimate of drug-likeness (QED) is 0.170. The van der Waals surface area contributed by atoms with Crippen molar-refractivity contribution in [1.29, 1.82) is 0 Å². The molecular formula is C50H37N3O2S. The highest BCUT2D eigenvalue weighted by Crippen LogP contribution is 2.52. The van der Waals surface area contributed by atoms with Gasteiger partial charge in [0.2, 0.25) is 9.84 Å². The molecule has 0 saturated heterocycles. The van der Waals surface area contributed by atoms with Gasteiger partial charge in [0.05, 0.1) is 39.2 Å². The van der Waals surface area contributed by atoms with Crippen molar-refractivity contribution in [3.8, 4) is 27.9 Å². The van der Waals surface area contributed by atoms with Crippen LogP contribution in [0.5, 0.6) is 0 Å². The van der Waals surface area contributed by atoms with Crippen LogP contribution in [-0.4, -0.2) is 18.0 Å². The second-order valence-electron chi connectivity index (χ2n) is 14.9. The van der Waals surface area contributed by atoms with Crippen LogP contribution in [0.4, 0.5) is 17.1 Å². The zero-order valence-corrected chi connectivity index (χ0v) is 31.8. The van der Waals surface area contributed by atoms with Crippen LogP contribution in [0.2, 0.25) is 0 Å². The van der Waals surface area contributed by atoms with E-state index in [0.717, 1.165) is 39.3 Å². The van der Waals surface area contributed by atoms with Gasteiger partial charge in [0.1, 0.15) is 0 Å². The van der Waals surface area contributed by atoms with Crippen molar-refractivity contribution in [2.75, 3.05) is 4.90 Å². The van der Waals surface area contributed by atoms with Gasteiger partial charge in [-0.05, 0) is 106 Å². The van der Waals surface area contributed by atoms with Gasteiger partial charge < -0.3 is 9.47 Å². The average molecular weight is 744 g/mol. The lowest BCUT2D eigenvalue weighted by molar-refractivity contribution is 0.592. The molecule has 0 fully saturated rings. The predicted molar refractivity (Wildman–Crippen MR) is 228 cm³/mol. The summed E-state index contributed by atoms with van der Waals surface area (Å²) in [5.74, 6) is 0. The lowest BCUT2D eigenvalue weighted by atomic mass is 9.73. The van der Waals surface area contributed by atoms with Gasteiger partial charge >= 0.3 is 0 Å². The maximum absolute atomic E-state index is 13.4. The van der Waals surface area contributed by atoms with Crippen LogP contribution >= 0.6 is 0 Å². The molecule has 0 spiro atoms. The number of sulfone groups is 1. The smallest absolute Gasteiger partial charge is 0.223 e. The van der Waals surface area contributed by atoms with Crippen molar-refractivity contribution in [3.05, 3.63) is 199 Å². The van der Waals surface area contributed by atoms with E-state index in [2.05, 4.69) is 168 Å². The van der Waals surface area contributed by atoms with E-state index in [1.807, 2.05) is 6.07 Å². The van der Waals surface area contributed by atoms with E-state index < -0.39 is 9.84 Å². The zero-order chi connectivity index (χ0) is 38.0. The van der Waals surface area contributed by atoms with Crippen LogP contribution in [0.25, 0.3) is 49.7 Å². The Morgan fingerprint density at radius 2 is 1.02 bits per heavy atom. The van der Waals surface area contributed by atoms with Crippen LogP contribution in [-0.2, 0) is 15.3 Å². The summed E-state index contributed by atoms with van der Waals surface area (Å²) < 4.78 is 29.3. The molecule has 0 N–H and O–H groups in total. The van der Waals surface area contributed by atoms with Crippen molar-refractivity contribution in [2.45, 2.75) is 29.2 Å². The predicted octanol–water partition coefficient (Wildman–Crippen LogP) is 12.5.